The minimum atomic E-state index is -0.279. The van der Waals surface area contributed by atoms with Crippen LogP contribution < -0.4 is 0 Å². The topological polar surface area (TPSA) is 26.3 Å². The molecule has 0 aliphatic carbocycles. The number of hydrogen-bond acceptors (Lipinski definition) is 2. The SMILES string of the molecule is CCCCCCCC(C)(C)OC(=O)CCC. The van der Waals surface area contributed by atoms with Gasteiger partial charge in [-0.1, -0.05) is 39.5 Å². The van der Waals surface area contributed by atoms with Crippen LogP contribution in [0, 0.1) is 0 Å². The summed E-state index contributed by atoms with van der Waals surface area (Å²) in [7, 11) is 0. The Morgan fingerprint density at radius 1 is 1.00 bits per heavy atom. The van der Waals surface area contributed by atoms with Crippen LogP contribution in [0.25, 0.3) is 0 Å². The number of carbonyl (C=O) groups is 1. The summed E-state index contributed by atoms with van der Waals surface area (Å²) in [5, 5.41) is 0. The van der Waals surface area contributed by atoms with E-state index in [1.807, 2.05) is 20.8 Å². The fourth-order valence-corrected chi connectivity index (χ4v) is 1.77. The third kappa shape index (κ3) is 8.75. The van der Waals surface area contributed by atoms with Crippen LogP contribution in [0.5, 0.6) is 0 Å². The van der Waals surface area contributed by atoms with Gasteiger partial charge < -0.3 is 4.74 Å². The van der Waals surface area contributed by atoms with E-state index >= 15 is 0 Å². The van der Waals surface area contributed by atoms with Crippen molar-refractivity contribution in [2.24, 2.45) is 0 Å². The standard InChI is InChI=1S/C14H28O2/c1-5-7-8-9-10-12-14(3,4)16-13(15)11-6-2/h5-12H2,1-4H3. The predicted molar refractivity (Wildman–Crippen MR) is 68.5 cm³/mol. The molecule has 2 heteroatoms. The van der Waals surface area contributed by atoms with Crippen molar-refractivity contribution in [1.82, 2.24) is 0 Å². The highest BCUT2D eigenvalue weighted by molar-refractivity contribution is 5.69. The molecule has 0 radical (unpaired) electrons. The van der Waals surface area contributed by atoms with Gasteiger partial charge in [-0.2, -0.15) is 0 Å². The van der Waals surface area contributed by atoms with Gasteiger partial charge >= 0.3 is 5.97 Å². The van der Waals surface area contributed by atoms with Crippen LogP contribution >= 0.6 is 0 Å². The number of hydrogen-bond donors (Lipinski definition) is 0. The molecule has 96 valence electrons. The summed E-state index contributed by atoms with van der Waals surface area (Å²) in [4.78, 5) is 11.4. The monoisotopic (exact) mass is 228 g/mol. The smallest absolute Gasteiger partial charge is 0.306 e. The van der Waals surface area contributed by atoms with Crippen molar-refractivity contribution in [1.29, 1.82) is 0 Å². The van der Waals surface area contributed by atoms with Crippen molar-refractivity contribution in [3.05, 3.63) is 0 Å². The van der Waals surface area contributed by atoms with Gasteiger partial charge in [-0.3, -0.25) is 4.79 Å². The largest absolute Gasteiger partial charge is 0.460 e. The van der Waals surface area contributed by atoms with Crippen molar-refractivity contribution < 1.29 is 9.53 Å². The molecule has 0 unspecified atom stereocenters. The quantitative estimate of drug-likeness (QED) is 0.430. The lowest BCUT2D eigenvalue weighted by molar-refractivity contribution is -0.157. The Labute approximate surface area is 101 Å². The van der Waals surface area contributed by atoms with Crippen molar-refractivity contribution in [2.75, 3.05) is 0 Å². The average molecular weight is 228 g/mol. The predicted octanol–water partition coefficient (Wildman–Crippen LogP) is 4.47. The first kappa shape index (κ1) is 15.5. The van der Waals surface area contributed by atoms with Gasteiger partial charge in [0.05, 0.1) is 0 Å². The normalized spacial score (nSPS) is 11.5. The molecule has 0 rings (SSSR count). The van der Waals surface area contributed by atoms with Crippen LogP contribution in [0.2, 0.25) is 0 Å². The van der Waals surface area contributed by atoms with Gasteiger partial charge in [-0.05, 0) is 33.1 Å². The molecule has 16 heavy (non-hydrogen) atoms. The number of rotatable bonds is 9. The van der Waals surface area contributed by atoms with Crippen molar-refractivity contribution in [2.45, 2.75) is 84.7 Å². The molecule has 0 saturated carbocycles. The van der Waals surface area contributed by atoms with Crippen molar-refractivity contribution in [3.8, 4) is 0 Å². The summed E-state index contributed by atoms with van der Waals surface area (Å²) in [5.41, 5.74) is -0.279. The van der Waals surface area contributed by atoms with Gasteiger partial charge in [0.15, 0.2) is 0 Å². The Balaban J connectivity index is 3.65. The van der Waals surface area contributed by atoms with Crippen LogP contribution in [-0.2, 0) is 9.53 Å². The van der Waals surface area contributed by atoms with Gasteiger partial charge in [0, 0.05) is 6.42 Å². The molecule has 0 spiro atoms. The maximum Gasteiger partial charge on any atom is 0.306 e. The van der Waals surface area contributed by atoms with E-state index in [4.69, 9.17) is 4.74 Å². The Bertz CT molecular complexity index is 185. The van der Waals surface area contributed by atoms with E-state index in [-0.39, 0.29) is 11.6 Å². The zero-order valence-corrected chi connectivity index (χ0v) is 11.5. The van der Waals surface area contributed by atoms with Crippen molar-refractivity contribution >= 4 is 5.97 Å². The summed E-state index contributed by atoms with van der Waals surface area (Å²) in [6.45, 7) is 8.25. The van der Waals surface area contributed by atoms with E-state index in [2.05, 4.69) is 6.92 Å². The summed E-state index contributed by atoms with van der Waals surface area (Å²) in [6.07, 6.45) is 8.69. The summed E-state index contributed by atoms with van der Waals surface area (Å²) in [6, 6.07) is 0. The molecule has 0 heterocycles. The third-order valence-corrected chi connectivity index (χ3v) is 2.73. The minimum absolute atomic E-state index is 0.0546. The molecule has 0 aromatic rings. The van der Waals surface area contributed by atoms with Crippen molar-refractivity contribution in [3.63, 3.8) is 0 Å². The molecule has 0 aromatic carbocycles. The lowest BCUT2D eigenvalue weighted by Crippen LogP contribution is -2.27. The molecule has 0 atom stereocenters. The highest BCUT2D eigenvalue weighted by atomic mass is 16.6. The molecule has 0 fully saturated rings. The van der Waals surface area contributed by atoms with E-state index in [1.165, 1.54) is 25.7 Å². The molecule has 0 amide bonds. The Kier molecular flexibility index (Phi) is 8.32. The molecule has 0 aliphatic heterocycles. The lowest BCUT2D eigenvalue weighted by atomic mass is 9.99. The number of esters is 1. The first-order valence-electron chi connectivity index (χ1n) is 6.73. The second-order valence-electron chi connectivity index (χ2n) is 5.15. The second kappa shape index (κ2) is 8.60. The second-order valence-corrected chi connectivity index (χ2v) is 5.15. The van der Waals surface area contributed by atoms with Gasteiger partial charge in [-0.25, -0.2) is 0 Å². The van der Waals surface area contributed by atoms with Crippen LogP contribution in [-0.4, -0.2) is 11.6 Å². The fourth-order valence-electron chi connectivity index (χ4n) is 1.77. The highest BCUT2D eigenvalue weighted by Crippen LogP contribution is 2.20. The van der Waals surface area contributed by atoms with Crippen LogP contribution in [0.4, 0.5) is 0 Å². The summed E-state index contributed by atoms with van der Waals surface area (Å²) >= 11 is 0. The molecule has 0 aliphatic rings. The number of ether oxygens (including phenoxy) is 1. The maximum absolute atomic E-state index is 11.4. The fraction of sp³-hybridized carbons (Fsp3) is 0.929. The molecule has 0 bridgehead atoms. The molecule has 0 saturated heterocycles. The number of carbonyl (C=O) groups excluding carboxylic acids is 1. The van der Waals surface area contributed by atoms with Crippen LogP contribution in [0.3, 0.4) is 0 Å². The molecular formula is C14H28O2. The molecular weight excluding hydrogens is 200 g/mol. The van der Waals surface area contributed by atoms with Gasteiger partial charge in [0.25, 0.3) is 0 Å². The average Bonchev–Trinajstić information content (AvgIpc) is 2.16. The lowest BCUT2D eigenvalue weighted by Gasteiger charge is -2.25. The molecule has 0 N–H and O–H groups in total. The first-order chi connectivity index (χ1) is 7.52. The third-order valence-electron chi connectivity index (χ3n) is 2.73. The molecule has 2 nitrogen and oxygen atoms in total. The summed E-state index contributed by atoms with van der Waals surface area (Å²) < 4.78 is 5.45. The maximum atomic E-state index is 11.4. The van der Waals surface area contributed by atoms with Gasteiger partial charge in [-0.15, -0.1) is 0 Å². The first-order valence-corrected chi connectivity index (χ1v) is 6.73. The number of unbranched alkanes of at least 4 members (excludes halogenated alkanes) is 4. The van der Waals surface area contributed by atoms with Gasteiger partial charge in [0.2, 0.25) is 0 Å². The van der Waals surface area contributed by atoms with E-state index in [0.29, 0.717) is 6.42 Å². The van der Waals surface area contributed by atoms with E-state index < -0.39 is 0 Å². The minimum Gasteiger partial charge on any atom is -0.460 e. The zero-order valence-electron chi connectivity index (χ0n) is 11.5. The highest BCUT2D eigenvalue weighted by Gasteiger charge is 2.21. The van der Waals surface area contributed by atoms with E-state index in [1.54, 1.807) is 0 Å². The van der Waals surface area contributed by atoms with E-state index in [9.17, 15) is 4.79 Å². The zero-order chi connectivity index (χ0) is 12.4. The Hall–Kier alpha value is -0.530. The van der Waals surface area contributed by atoms with Crippen LogP contribution in [0.1, 0.15) is 79.1 Å². The van der Waals surface area contributed by atoms with Crippen LogP contribution in [0.15, 0.2) is 0 Å². The Morgan fingerprint density at radius 3 is 2.19 bits per heavy atom. The Morgan fingerprint density at radius 2 is 1.62 bits per heavy atom. The van der Waals surface area contributed by atoms with E-state index in [0.717, 1.165) is 19.3 Å². The summed E-state index contributed by atoms with van der Waals surface area (Å²) in [5.74, 6) is -0.0546. The van der Waals surface area contributed by atoms with Gasteiger partial charge in [0.1, 0.15) is 5.60 Å². The molecule has 0 aromatic heterocycles.